The predicted molar refractivity (Wildman–Crippen MR) is 122 cm³/mol. The summed E-state index contributed by atoms with van der Waals surface area (Å²) in [6, 6.07) is 22.0. The van der Waals surface area contributed by atoms with E-state index in [2.05, 4.69) is 15.6 Å². The van der Waals surface area contributed by atoms with Crippen molar-refractivity contribution in [3.05, 3.63) is 95.7 Å². The molecular formula is C22H20N4O2S2. The summed E-state index contributed by atoms with van der Waals surface area (Å²) in [5.41, 5.74) is 2.80. The third kappa shape index (κ3) is 4.62. The van der Waals surface area contributed by atoms with Crippen molar-refractivity contribution in [1.82, 2.24) is 15.6 Å². The highest BCUT2D eigenvalue weighted by Crippen LogP contribution is 2.25. The van der Waals surface area contributed by atoms with Crippen LogP contribution >= 0.6 is 11.8 Å². The van der Waals surface area contributed by atoms with Crippen LogP contribution in [0.1, 0.15) is 16.1 Å². The van der Waals surface area contributed by atoms with E-state index in [4.69, 9.17) is 0 Å². The summed E-state index contributed by atoms with van der Waals surface area (Å²) in [5, 5.41) is 8.13. The first-order valence-electron chi connectivity index (χ1n) is 9.27. The van der Waals surface area contributed by atoms with Crippen LogP contribution in [0.25, 0.3) is 5.70 Å². The molecule has 0 saturated carbocycles. The normalized spacial score (nSPS) is 16.3. The highest BCUT2D eigenvalue weighted by Gasteiger charge is 2.22. The molecule has 3 aromatic rings. The van der Waals surface area contributed by atoms with Gasteiger partial charge in [-0.05, 0) is 48.5 Å². The van der Waals surface area contributed by atoms with Gasteiger partial charge in [0.15, 0.2) is 10.4 Å². The number of nitrogens with one attached hydrogen (secondary N) is 2. The monoisotopic (exact) mass is 436 g/mol. The Hall–Kier alpha value is -2.94. The summed E-state index contributed by atoms with van der Waals surface area (Å²) in [6.45, 7) is 0. The fourth-order valence-corrected chi connectivity index (χ4v) is 4.72. The quantitative estimate of drug-likeness (QED) is 0.575. The van der Waals surface area contributed by atoms with E-state index >= 15 is 0 Å². The lowest BCUT2D eigenvalue weighted by Crippen LogP contribution is -2.39. The lowest BCUT2D eigenvalue weighted by molar-refractivity contribution is 0.0948. The van der Waals surface area contributed by atoms with Gasteiger partial charge in [0.25, 0.3) is 5.91 Å². The number of anilines is 1. The van der Waals surface area contributed by atoms with Crippen molar-refractivity contribution in [2.24, 2.45) is 0 Å². The number of rotatable bonds is 6. The number of para-hydroxylation sites is 1. The van der Waals surface area contributed by atoms with Crippen LogP contribution in [0.3, 0.4) is 0 Å². The minimum Gasteiger partial charge on any atom is -0.588 e. The molecule has 2 unspecified atom stereocenters. The average molecular weight is 437 g/mol. The second-order valence-corrected chi connectivity index (χ2v) is 8.98. The van der Waals surface area contributed by atoms with Crippen LogP contribution in [-0.2, 0) is 11.4 Å². The van der Waals surface area contributed by atoms with Crippen molar-refractivity contribution in [3.63, 3.8) is 0 Å². The highest BCUT2D eigenvalue weighted by atomic mass is 32.2. The Labute approximate surface area is 182 Å². The molecule has 2 N–H and O–H groups in total. The first-order valence-corrected chi connectivity index (χ1v) is 11.3. The Morgan fingerprint density at radius 1 is 1.10 bits per heavy atom. The number of amides is 1. The van der Waals surface area contributed by atoms with Gasteiger partial charge in [-0.3, -0.25) is 9.78 Å². The van der Waals surface area contributed by atoms with Gasteiger partial charge in [-0.15, -0.1) is 0 Å². The third-order valence-corrected chi connectivity index (χ3v) is 6.76. The molecule has 30 heavy (non-hydrogen) atoms. The number of benzene rings is 2. The first-order chi connectivity index (χ1) is 14.6. The molecule has 1 aliphatic heterocycles. The molecule has 152 valence electrons. The third-order valence-electron chi connectivity index (χ3n) is 4.50. The molecule has 6 nitrogen and oxygen atoms in total. The Morgan fingerprint density at radius 2 is 1.83 bits per heavy atom. The van der Waals surface area contributed by atoms with Gasteiger partial charge in [-0.2, -0.15) is 4.31 Å². The van der Waals surface area contributed by atoms with E-state index in [0.717, 1.165) is 17.1 Å². The lowest BCUT2D eigenvalue weighted by Gasteiger charge is -2.21. The standard InChI is InChI=1S/C22H20N4O2S2/c1-26(17-7-3-2-4-8-17)30(28)18-12-10-16(11-13-18)21(27)25-22-24-20(15-29-22)19-9-5-6-14-23-19/h2-15,22,24H,1H3,(H,25,27). The minimum atomic E-state index is -1.36. The van der Waals surface area contributed by atoms with Gasteiger partial charge in [0.2, 0.25) is 0 Å². The van der Waals surface area contributed by atoms with Crippen molar-refractivity contribution >= 4 is 40.4 Å². The van der Waals surface area contributed by atoms with E-state index in [1.165, 1.54) is 11.8 Å². The van der Waals surface area contributed by atoms with Crippen LogP contribution in [0, 0.1) is 0 Å². The molecule has 4 rings (SSSR count). The van der Waals surface area contributed by atoms with E-state index < -0.39 is 11.4 Å². The molecule has 0 radical (unpaired) electrons. The number of carbonyl (C=O) groups excluding carboxylic acids is 1. The molecule has 1 aromatic heterocycles. The van der Waals surface area contributed by atoms with Crippen molar-refractivity contribution in [3.8, 4) is 0 Å². The number of nitrogens with zero attached hydrogens (tertiary/aromatic N) is 2. The van der Waals surface area contributed by atoms with Crippen molar-refractivity contribution < 1.29 is 9.35 Å². The van der Waals surface area contributed by atoms with Crippen LogP contribution in [0.2, 0.25) is 0 Å². The maximum atomic E-state index is 12.8. The Kier molecular flexibility index (Phi) is 6.27. The molecule has 0 bridgehead atoms. The summed E-state index contributed by atoms with van der Waals surface area (Å²) in [4.78, 5) is 17.5. The van der Waals surface area contributed by atoms with Gasteiger partial charge in [-0.1, -0.05) is 36.0 Å². The van der Waals surface area contributed by atoms with Crippen LogP contribution in [0.15, 0.2) is 89.3 Å². The minimum absolute atomic E-state index is 0.204. The number of thioether (sulfide) groups is 1. The molecule has 1 amide bonds. The predicted octanol–water partition coefficient (Wildman–Crippen LogP) is 3.59. The van der Waals surface area contributed by atoms with E-state index in [1.807, 2.05) is 53.9 Å². The summed E-state index contributed by atoms with van der Waals surface area (Å²) in [5.74, 6) is -0.204. The van der Waals surface area contributed by atoms with Gasteiger partial charge in [0.05, 0.1) is 24.1 Å². The Balaban J connectivity index is 1.36. The second kappa shape index (κ2) is 9.25. The summed E-state index contributed by atoms with van der Waals surface area (Å²) < 4.78 is 14.5. The molecule has 0 fully saturated rings. The fraction of sp³-hybridized carbons (Fsp3) is 0.0909. The van der Waals surface area contributed by atoms with Gasteiger partial charge in [-0.25, -0.2) is 0 Å². The molecule has 2 aromatic carbocycles. The van der Waals surface area contributed by atoms with E-state index in [0.29, 0.717) is 10.5 Å². The zero-order valence-electron chi connectivity index (χ0n) is 16.2. The first kappa shape index (κ1) is 20.3. The van der Waals surface area contributed by atoms with Gasteiger partial charge in [0.1, 0.15) is 11.4 Å². The average Bonchev–Trinajstić information content (AvgIpc) is 3.28. The van der Waals surface area contributed by atoms with E-state index in [1.54, 1.807) is 41.8 Å². The number of hydrogen-bond acceptors (Lipinski definition) is 6. The Morgan fingerprint density at radius 3 is 2.53 bits per heavy atom. The van der Waals surface area contributed by atoms with Crippen molar-refractivity contribution in [1.29, 1.82) is 0 Å². The molecule has 1 aliphatic rings. The number of carbonyl (C=O) groups is 1. The molecule has 0 saturated heterocycles. The molecule has 0 spiro atoms. The van der Waals surface area contributed by atoms with E-state index in [-0.39, 0.29) is 11.4 Å². The maximum Gasteiger partial charge on any atom is 0.253 e. The van der Waals surface area contributed by atoms with Gasteiger partial charge in [0, 0.05) is 17.2 Å². The van der Waals surface area contributed by atoms with Crippen LogP contribution < -0.4 is 14.9 Å². The second-order valence-electron chi connectivity index (χ2n) is 6.49. The van der Waals surface area contributed by atoms with Crippen LogP contribution in [0.4, 0.5) is 5.69 Å². The lowest BCUT2D eigenvalue weighted by atomic mass is 10.2. The summed E-state index contributed by atoms with van der Waals surface area (Å²) >= 11 is 0.117. The van der Waals surface area contributed by atoms with Crippen molar-refractivity contribution in [2.45, 2.75) is 10.4 Å². The molecule has 0 aliphatic carbocycles. The topological polar surface area (TPSA) is 80.3 Å². The largest absolute Gasteiger partial charge is 0.588 e. The zero-order chi connectivity index (χ0) is 20.9. The number of aromatic nitrogens is 1. The smallest absolute Gasteiger partial charge is 0.253 e. The van der Waals surface area contributed by atoms with Crippen LogP contribution in [0.5, 0.6) is 0 Å². The number of hydrogen-bond donors (Lipinski definition) is 2. The molecule has 8 heteroatoms. The molecular weight excluding hydrogens is 416 g/mol. The highest BCUT2D eigenvalue weighted by molar-refractivity contribution is 8.03. The summed E-state index contributed by atoms with van der Waals surface area (Å²) in [7, 11) is 1.78. The Bertz CT molecular complexity index is 1030. The van der Waals surface area contributed by atoms with Crippen molar-refractivity contribution in [2.75, 3.05) is 11.4 Å². The number of pyridine rings is 1. The maximum absolute atomic E-state index is 12.8. The van der Waals surface area contributed by atoms with Gasteiger partial charge < -0.3 is 15.2 Å². The summed E-state index contributed by atoms with van der Waals surface area (Å²) in [6.07, 6.45) is 1.73. The van der Waals surface area contributed by atoms with Crippen LogP contribution in [-0.4, -0.2) is 28.0 Å². The van der Waals surface area contributed by atoms with E-state index in [9.17, 15) is 9.35 Å². The zero-order valence-corrected chi connectivity index (χ0v) is 17.8. The molecule has 2 heterocycles. The molecule has 2 atom stereocenters. The fourth-order valence-electron chi connectivity index (χ4n) is 2.89. The van der Waals surface area contributed by atoms with Gasteiger partial charge >= 0.3 is 0 Å². The SMILES string of the molecule is CN(c1ccccc1)[S+]([O-])c1ccc(C(=O)NC2NC(c3ccccn3)=CS2)cc1.